The molecule has 3 atom stereocenters. The molecule has 3 unspecified atom stereocenters. The van der Waals surface area contributed by atoms with Crippen molar-refractivity contribution in [1.29, 1.82) is 0 Å². The van der Waals surface area contributed by atoms with Gasteiger partial charge in [-0.15, -0.1) is 0 Å². The summed E-state index contributed by atoms with van der Waals surface area (Å²) in [7, 11) is -0.271. The first-order chi connectivity index (χ1) is 10.3. The van der Waals surface area contributed by atoms with Gasteiger partial charge in [0, 0.05) is 4.83 Å². The molecule has 1 saturated carbocycles. The third kappa shape index (κ3) is 3.25. The second-order valence-corrected chi connectivity index (χ2v) is 9.29. The summed E-state index contributed by atoms with van der Waals surface area (Å²) in [6.07, 6.45) is 4.01. The van der Waals surface area contributed by atoms with Gasteiger partial charge in [-0.05, 0) is 42.9 Å². The molecular weight excluding hydrogens is 339 g/mol. The largest absolute Gasteiger partial charge is 0.0881 e. The molecule has 2 aromatic rings. The van der Waals surface area contributed by atoms with Crippen LogP contribution < -0.4 is 10.6 Å². The van der Waals surface area contributed by atoms with E-state index in [0.717, 1.165) is 11.6 Å². The topological polar surface area (TPSA) is 0 Å². The van der Waals surface area contributed by atoms with Crippen LogP contribution in [-0.4, -0.2) is 10.5 Å². The van der Waals surface area contributed by atoms with E-state index in [4.69, 9.17) is 0 Å². The zero-order valence-corrected chi connectivity index (χ0v) is 14.9. The minimum absolute atomic E-state index is 0.271. The van der Waals surface area contributed by atoms with Gasteiger partial charge in [-0.2, -0.15) is 0 Å². The number of halogens is 1. The molecule has 0 aromatic heterocycles. The first-order valence-electron chi connectivity index (χ1n) is 7.84. The Labute approximate surface area is 137 Å². The zero-order valence-electron chi connectivity index (χ0n) is 12.5. The summed E-state index contributed by atoms with van der Waals surface area (Å²) in [4.78, 5) is 0.661. The van der Waals surface area contributed by atoms with Crippen LogP contribution in [0, 0.1) is 5.92 Å². The van der Waals surface area contributed by atoms with Crippen LogP contribution in [0.2, 0.25) is 0 Å². The second kappa shape index (κ2) is 7.07. The molecule has 0 aliphatic heterocycles. The van der Waals surface area contributed by atoms with E-state index in [1.807, 2.05) is 0 Å². The fourth-order valence-corrected chi connectivity index (χ4v) is 8.03. The molecule has 0 spiro atoms. The average molecular weight is 361 g/mol. The van der Waals surface area contributed by atoms with Crippen molar-refractivity contribution in [2.75, 3.05) is 0 Å². The summed E-state index contributed by atoms with van der Waals surface area (Å²) in [6, 6.07) is 22.2. The summed E-state index contributed by atoms with van der Waals surface area (Å²) in [5, 5.41) is 3.04. The molecule has 1 aliphatic carbocycles. The first-order valence-corrected chi connectivity index (χ1v) is 10.2. The van der Waals surface area contributed by atoms with E-state index in [0.29, 0.717) is 4.83 Å². The van der Waals surface area contributed by atoms with Crippen molar-refractivity contribution in [3.63, 3.8) is 0 Å². The van der Waals surface area contributed by atoms with E-state index in [1.54, 1.807) is 0 Å². The number of hydrogen-bond acceptors (Lipinski definition) is 0. The van der Waals surface area contributed by atoms with Gasteiger partial charge in [0.2, 0.25) is 0 Å². The first kappa shape index (κ1) is 15.3. The van der Waals surface area contributed by atoms with Crippen LogP contribution in [0.25, 0.3) is 0 Å². The van der Waals surface area contributed by atoms with E-state index < -0.39 is 0 Å². The number of hydrogen-bond donors (Lipinski definition) is 0. The molecule has 0 saturated heterocycles. The lowest BCUT2D eigenvalue weighted by Gasteiger charge is -2.29. The minimum Gasteiger partial charge on any atom is -0.0881 e. The number of benzene rings is 2. The van der Waals surface area contributed by atoms with E-state index in [-0.39, 0.29) is 7.92 Å². The molecule has 0 heterocycles. The lowest BCUT2D eigenvalue weighted by Crippen LogP contribution is -2.26. The summed E-state index contributed by atoms with van der Waals surface area (Å²) in [6.45, 7) is 2.33. The highest BCUT2D eigenvalue weighted by Gasteiger charge is 2.38. The predicted molar refractivity (Wildman–Crippen MR) is 98.6 cm³/mol. The smallest absolute Gasteiger partial charge is 0.0247 e. The van der Waals surface area contributed by atoms with Crippen LogP contribution in [0.3, 0.4) is 0 Å². The van der Waals surface area contributed by atoms with Crippen molar-refractivity contribution in [1.82, 2.24) is 0 Å². The van der Waals surface area contributed by atoms with E-state index in [1.165, 1.54) is 29.9 Å². The Morgan fingerprint density at radius 2 is 1.43 bits per heavy atom. The molecule has 0 amide bonds. The Morgan fingerprint density at radius 3 is 1.86 bits per heavy atom. The van der Waals surface area contributed by atoms with Crippen molar-refractivity contribution >= 4 is 34.5 Å². The quantitative estimate of drug-likeness (QED) is 0.527. The van der Waals surface area contributed by atoms with E-state index >= 15 is 0 Å². The number of alkyl halides is 1. The molecule has 0 radical (unpaired) electrons. The van der Waals surface area contributed by atoms with E-state index in [2.05, 4.69) is 83.5 Å². The van der Waals surface area contributed by atoms with E-state index in [9.17, 15) is 0 Å². The highest BCUT2D eigenvalue weighted by molar-refractivity contribution is 9.09. The maximum absolute atomic E-state index is 4.04. The number of rotatable bonds is 4. The average Bonchev–Trinajstić information content (AvgIpc) is 2.91. The van der Waals surface area contributed by atoms with Crippen LogP contribution in [0.15, 0.2) is 60.7 Å². The Hall–Kier alpha value is -0.650. The van der Waals surface area contributed by atoms with Crippen LogP contribution in [-0.2, 0) is 0 Å². The summed E-state index contributed by atoms with van der Waals surface area (Å²) in [5.41, 5.74) is 0.759. The highest BCUT2D eigenvalue weighted by atomic mass is 79.9. The molecule has 1 fully saturated rings. The van der Waals surface area contributed by atoms with Gasteiger partial charge in [-0.3, -0.25) is 0 Å². The van der Waals surface area contributed by atoms with Crippen LogP contribution in [0.4, 0.5) is 0 Å². The molecule has 1 aliphatic rings. The van der Waals surface area contributed by atoms with Gasteiger partial charge < -0.3 is 0 Å². The van der Waals surface area contributed by atoms with Crippen LogP contribution in [0.5, 0.6) is 0 Å². The summed E-state index contributed by atoms with van der Waals surface area (Å²) < 4.78 is 0. The maximum atomic E-state index is 4.04. The monoisotopic (exact) mass is 360 g/mol. The van der Waals surface area contributed by atoms with Gasteiger partial charge in [0.25, 0.3) is 0 Å². The maximum Gasteiger partial charge on any atom is 0.0247 e. The molecule has 2 heteroatoms. The fraction of sp³-hybridized carbons (Fsp3) is 0.368. The Kier molecular flexibility index (Phi) is 5.14. The lowest BCUT2D eigenvalue weighted by atomic mass is 10.1. The molecular formula is C19H22BrP. The SMILES string of the molecule is CCC1CCC(P(c2ccccc2)c2ccccc2)C1Br. The van der Waals surface area contributed by atoms with Gasteiger partial charge >= 0.3 is 0 Å². The normalized spacial score (nSPS) is 25.4. The third-order valence-corrected chi connectivity index (χ3v) is 9.32. The molecule has 21 heavy (non-hydrogen) atoms. The standard InChI is InChI=1S/C19H22BrP/c1-2-15-13-14-18(19(15)20)21(16-9-5-3-6-10-16)17-11-7-4-8-12-17/h3-12,15,18-19H,2,13-14H2,1H3. The molecule has 0 bridgehead atoms. The van der Waals surface area contributed by atoms with Gasteiger partial charge in [0.1, 0.15) is 0 Å². The second-order valence-electron chi connectivity index (χ2n) is 5.80. The fourth-order valence-electron chi connectivity index (χ4n) is 3.43. The summed E-state index contributed by atoms with van der Waals surface area (Å²) >= 11 is 4.04. The zero-order chi connectivity index (χ0) is 14.7. The third-order valence-electron chi connectivity index (χ3n) is 4.58. The van der Waals surface area contributed by atoms with Crippen LogP contribution >= 0.6 is 23.9 Å². The molecule has 0 nitrogen and oxygen atoms in total. The van der Waals surface area contributed by atoms with Crippen LogP contribution in [0.1, 0.15) is 26.2 Å². The molecule has 3 rings (SSSR count). The Balaban J connectivity index is 1.98. The van der Waals surface area contributed by atoms with Gasteiger partial charge in [0.15, 0.2) is 0 Å². The highest BCUT2D eigenvalue weighted by Crippen LogP contribution is 2.52. The van der Waals surface area contributed by atoms with Crippen molar-refractivity contribution in [2.45, 2.75) is 36.7 Å². The van der Waals surface area contributed by atoms with Crippen molar-refractivity contribution in [3.05, 3.63) is 60.7 Å². The molecule has 110 valence electrons. The van der Waals surface area contributed by atoms with Gasteiger partial charge in [0.05, 0.1) is 0 Å². The molecule has 0 N–H and O–H groups in total. The minimum atomic E-state index is -0.271. The lowest BCUT2D eigenvalue weighted by molar-refractivity contribution is 0.547. The van der Waals surface area contributed by atoms with Gasteiger partial charge in [-0.25, -0.2) is 0 Å². The Bertz CT molecular complexity index is 515. The summed E-state index contributed by atoms with van der Waals surface area (Å²) in [5.74, 6) is 0.840. The predicted octanol–water partition coefficient (Wildman–Crippen LogP) is 5.07. The van der Waals surface area contributed by atoms with Gasteiger partial charge in [-0.1, -0.05) is 89.9 Å². The van der Waals surface area contributed by atoms with Crippen molar-refractivity contribution < 1.29 is 0 Å². The Morgan fingerprint density at radius 1 is 0.905 bits per heavy atom. The molecule has 2 aromatic carbocycles. The van der Waals surface area contributed by atoms with Crippen molar-refractivity contribution in [3.8, 4) is 0 Å². The van der Waals surface area contributed by atoms with Crippen molar-refractivity contribution in [2.24, 2.45) is 5.92 Å².